The molecule has 0 spiro atoms. The van der Waals surface area contributed by atoms with E-state index >= 15 is 0 Å². The fourth-order valence-corrected chi connectivity index (χ4v) is 1.50. The lowest BCUT2D eigenvalue weighted by molar-refractivity contribution is 0.418. The van der Waals surface area contributed by atoms with Gasteiger partial charge in [0.25, 0.3) is 0 Å². The van der Waals surface area contributed by atoms with Gasteiger partial charge in [-0.3, -0.25) is 0 Å². The predicted octanol–water partition coefficient (Wildman–Crippen LogP) is 4.15. The summed E-state index contributed by atoms with van der Waals surface area (Å²) in [7, 11) is 0. The molecule has 0 nitrogen and oxygen atoms in total. The Balaban J connectivity index is 2.80. The topological polar surface area (TPSA) is 0 Å². The molecule has 0 aliphatic heterocycles. The molecule has 1 rings (SSSR count). The zero-order valence-corrected chi connectivity index (χ0v) is 9.49. The van der Waals surface area contributed by atoms with Crippen molar-refractivity contribution in [2.45, 2.75) is 20.3 Å². The highest BCUT2D eigenvalue weighted by Gasteiger charge is 2.17. The van der Waals surface area contributed by atoms with Crippen LogP contribution in [-0.2, 0) is 6.42 Å². The Morgan fingerprint density at radius 2 is 1.85 bits per heavy atom. The molecule has 0 aliphatic rings. The van der Waals surface area contributed by atoms with Gasteiger partial charge in [-0.05, 0) is 23.5 Å². The molecule has 0 fully saturated rings. The lowest BCUT2D eigenvalue weighted by Crippen LogP contribution is -2.16. The molecule has 0 saturated carbocycles. The third kappa shape index (κ3) is 3.21. The number of hydrogen-bond acceptors (Lipinski definition) is 0. The van der Waals surface area contributed by atoms with Gasteiger partial charge in [-0.1, -0.05) is 43.6 Å². The number of alkyl halides is 1. The third-order valence-electron chi connectivity index (χ3n) is 1.99. The Labute approximate surface area is 89.9 Å². The molecular formula is C11H14Cl2. The van der Waals surface area contributed by atoms with Gasteiger partial charge in [0.1, 0.15) is 0 Å². The summed E-state index contributed by atoms with van der Waals surface area (Å²) in [5.41, 5.74) is 1.29. The van der Waals surface area contributed by atoms with Crippen molar-refractivity contribution >= 4 is 23.2 Å². The Bertz CT molecular complexity index is 279. The van der Waals surface area contributed by atoms with Crippen LogP contribution in [0.1, 0.15) is 19.4 Å². The van der Waals surface area contributed by atoms with E-state index in [1.807, 2.05) is 18.2 Å². The summed E-state index contributed by atoms with van der Waals surface area (Å²) in [6, 6.07) is 7.92. The molecule has 0 atom stereocenters. The second kappa shape index (κ2) is 4.34. The Morgan fingerprint density at radius 1 is 1.23 bits per heavy atom. The van der Waals surface area contributed by atoms with Crippen LogP contribution in [0.2, 0.25) is 5.02 Å². The summed E-state index contributed by atoms with van der Waals surface area (Å²) in [5.74, 6) is 0.651. The average molecular weight is 217 g/mol. The van der Waals surface area contributed by atoms with Crippen LogP contribution in [0.4, 0.5) is 0 Å². The SMILES string of the molecule is CC(C)(CCl)Cc1ccccc1Cl. The number of hydrogen-bond donors (Lipinski definition) is 0. The zero-order valence-electron chi connectivity index (χ0n) is 7.98. The first kappa shape index (κ1) is 10.9. The first-order chi connectivity index (χ1) is 6.05. The maximum absolute atomic E-state index is 6.04. The molecule has 0 aliphatic carbocycles. The van der Waals surface area contributed by atoms with E-state index in [0.29, 0.717) is 5.88 Å². The molecule has 0 saturated heterocycles. The maximum atomic E-state index is 6.04. The molecule has 13 heavy (non-hydrogen) atoms. The largest absolute Gasteiger partial charge is 0.126 e. The van der Waals surface area contributed by atoms with E-state index in [9.17, 15) is 0 Å². The smallest absolute Gasteiger partial charge is 0.0438 e. The van der Waals surface area contributed by atoms with Crippen molar-refractivity contribution < 1.29 is 0 Å². The quantitative estimate of drug-likeness (QED) is 0.667. The van der Waals surface area contributed by atoms with Gasteiger partial charge < -0.3 is 0 Å². The van der Waals surface area contributed by atoms with Crippen molar-refractivity contribution in [2.24, 2.45) is 5.41 Å². The van der Waals surface area contributed by atoms with Crippen molar-refractivity contribution in [3.05, 3.63) is 34.9 Å². The minimum Gasteiger partial charge on any atom is -0.126 e. The summed E-state index contributed by atoms with van der Waals surface area (Å²) in [4.78, 5) is 0. The molecule has 0 N–H and O–H groups in total. The summed E-state index contributed by atoms with van der Waals surface area (Å²) >= 11 is 11.9. The average Bonchev–Trinajstić information content (AvgIpc) is 2.09. The lowest BCUT2D eigenvalue weighted by atomic mass is 9.88. The lowest BCUT2D eigenvalue weighted by Gasteiger charge is -2.21. The summed E-state index contributed by atoms with van der Waals surface area (Å²) in [6.07, 6.45) is 0.927. The molecule has 1 aromatic carbocycles. The number of halogens is 2. The van der Waals surface area contributed by atoms with E-state index < -0.39 is 0 Å². The van der Waals surface area contributed by atoms with Crippen LogP contribution in [0, 0.1) is 5.41 Å². The molecule has 72 valence electrons. The second-order valence-electron chi connectivity index (χ2n) is 4.07. The molecular weight excluding hydrogens is 203 g/mol. The molecule has 0 amide bonds. The fourth-order valence-electron chi connectivity index (χ4n) is 1.20. The van der Waals surface area contributed by atoms with E-state index in [1.165, 1.54) is 5.56 Å². The van der Waals surface area contributed by atoms with Crippen LogP contribution >= 0.6 is 23.2 Å². The van der Waals surface area contributed by atoms with Gasteiger partial charge in [-0.2, -0.15) is 0 Å². The van der Waals surface area contributed by atoms with Crippen molar-refractivity contribution in [3.63, 3.8) is 0 Å². The molecule has 0 unspecified atom stereocenters. The van der Waals surface area contributed by atoms with Crippen molar-refractivity contribution in [3.8, 4) is 0 Å². The highest BCUT2D eigenvalue weighted by atomic mass is 35.5. The van der Waals surface area contributed by atoms with E-state index in [0.717, 1.165) is 11.4 Å². The maximum Gasteiger partial charge on any atom is 0.0438 e. The first-order valence-corrected chi connectivity index (χ1v) is 5.26. The predicted molar refractivity (Wildman–Crippen MR) is 59.7 cm³/mol. The summed E-state index contributed by atoms with van der Waals surface area (Å²) < 4.78 is 0. The van der Waals surface area contributed by atoms with Crippen LogP contribution in [0.15, 0.2) is 24.3 Å². The normalized spacial score (nSPS) is 11.7. The molecule has 0 heterocycles. The zero-order chi connectivity index (χ0) is 9.90. The minimum absolute atomic E-state index is 0.118. The van der Waals surface area contributed by atoms with Gasteiger partial charge in [0.2, 0.25) is 0 Å². The molecule has 0 aromatic heterocycles. The third-order valence-corrected chi connectivity index (χ3v) is 3.08. The first-order valence-electron chi connectivity index (χ1n) is 4.34. The Morgan fingerprint density at radius 3 is 2.38 bits per heavy atom. The van der Waals surface area contributed by atoms with Crippen molar-refractivity contribution in [1.82, 2.24) is 0 Å². The van der Waals surface area contributed by atoms with E-state index in [1.54, 1.807) is 0 Å². The molecule has 1 aromatic rings. The summed E-state index contributed by atoms with van der Waals surface area (Å²) in [6.45, 7) is 4.28. The standard InChI is InChI=1S/C11H14Cl2/c1-11(2,8-12)7-9-5-3-4-6-10(9)13/h3-6H,7-8H2,1-2H3. The Kier molecular flexibility index (Phi) is 3.63. The van der Waals surface area contributed by atoms with Gasteiger partial charge in [-0.25, -0.2) is 0 Å². The monoisotopic (exact) mass is 216 g/mol. The van der Waals surface area contributed by atoms with Crippen LogP contribution in [0.5, 0.6) is 0 Å². The molecule has 0 bridgehead atoms. The van der Waals surface area contributed by atoms with E-state index in [2.05, 4.69) is 19.9 Å². The van der Waals surface area contributed by atoms with Gasteiger partial charge in [0.15, 0.2) is 0 Å². The van der Waals surface area contributed by atoms with Crippen LogP contribution < -0.4 is 0 Å². The van der Waals surface area contributed by atoms with Crippen LogP contribution in [0.3, 0.4) is 0 Å². The molecule has 0 radical (unpaired) electrons. The van der Waals surface area contributed by atoms with Gasteiger partial charge >= 0.3 is 0 Å². The fraction of sp³-hybridized carbons (Fsp3) is 0.455. The van der Waals surface area contributed by atoms with Gasteiger partial charge in [0, 0.05) is 10.9 Å². The van der Waals surface area contributed by atoms with Gasteiger partial charge in [0.05, 0.1) is 0 Å². The summed E-state index contributed by atoms with van der Waals surface area (Å²) in [5, 5.41) is 0.834. The van der Waals surface area contributed by atoms with Crippen molar-refractivity contribution in [1.29, 1.82) is 0 Å². The van der Waals surface area contributed by atoms with E-state index in [4.69, 9.17) is 23.2 Å². The highest BCUT2D eigenvalue weighted by Crippen LogP contribution is 2.27. The van der Waals surface area contributed by atoms with Gasteiger partial charge in [-0.15, -0.1) is 11.6 Å². The number of rotatable bonds is 3. The molecule has 2 heteroatoms. The highest BCUT2D eigenvalue weighted by molar-refractivity contribution is 6.31. The van der Waals surface area contributed by atoms with E-state index in [-0.39, 0.29) is 5.41 Å². The minimum atomic E-state index is 0.118. The van der Waals surface area contributed by atoms with Crippen molar-refractivity contribution in [2.75, 3.05) is 5.88 Å². The Hall–Kier alpha value is -0.200. The second-order valence-corrected chi connectivity index (χ2v) is 4.74. The number of benzene rings is 1. The van der Waals surface area contributed by atoms with Crippen LogP contribution in [-0.4, -0.2) is 5.88 Å². The van der Waals surface area contributed by atoms with Crippen LogP contribution in [0.25, 0.3) is 0 Å².